The third kappa shape index (κ3) is 3.69. The van der Waals surface area contributed by atoms with Gasteiger partial charge in [-0.15, -0.1) is 0 Å². The largest absolute Gasteiger partial charge is 0.496 e. The van der Waals surface area contributed by atoms with Crippen molar-refractivity contribution < 1.29 is 28.5 Å². The first kappa shape index (κ1) is 18.7. The average molecular weight is 396 g/mol. The Hall–Kier alpha value is -3.68. The number of nitrogens with one attached hydrogen (secondary N) is 2. The second kappa shape index (κ2) is 7.75. The van der Waals surface area contributed by atoms with Crippen molar-refractivity contribution in [2.75, 3.05) is 13.9 Å². The second-order valence-corrected chi connectivity index (χ2v) is 6.58. The van der Waals surface area contributed by atoms with E-state index >= 15 is 0 Å². The number of benzene rings is 2. The quantitative estimate of drug-likeness (QED) is 0.755. The summed E-state index contributed by atoms with van der Waals surface area (Å²) in [5, 5.41) is 5.41. The Balaban J connectivity index is 1.57. The highest BCUT2D eigenvalue weighted by molar-refractivity contribution is 5.95. The third-order valence-electron chi connectivity index (χ3n) is 4.75. The van der Waals surface area contributed by atoms with Gasteiger partial charge in [-0.3, -0.25) is 0 Å². The number of carbonyl (C=O) groups is 2. The maximum atomic E-state index is 12.9. The lowest BCUT2D eigenvalue weighted by atomic mass is 9.95. The zero-order valence-corrected chi connectivity index (χ0v) is 16.0. The molecule has 0 fully saturated rings. The van der Waals surface area contributed by atoms with E-state index in [0.717, 1.165) is 5.56 Å². The minimum Gasteiger partial charge on any atom is -0.496 e. The molecule has 2 amide bonds. The Morgan fingerprint density at radius 3 is 2.79 bits per heavy atom. The highest BCUT2D eigenvalue weighted by atomic mass is 16.7. The van der Waals surface area contributed by atoms with Crippen LogP contribution in [-0.2, 0) is 16.1 Å². The highest BCUT2D eigenvalue weighted by Crippen LogP contribution is 2.35. The van der Waals surface area contributed by atoms with Crippen LogP contribution < -0.4 is 24.8 Å². The van der Waals surface area contributed by atoms with E-state index in [0.29, 0.717) is 34.1 Å². The first-order valence-corrected chi connectivity index (χ1v) is 9.03. The first-order valence-electron chi connectivity index (χ1n) is 9.03. The molecule has 2 aliphatic rings. The van der Waals surface area contributed by atoms with Gasteiger partial charge in [-0.2, -0.15) is 0 Å². The van der Waals surface area contributed by atoms with Gasteiger partial charge < -0.3 is 29.6 Å². The average Bonchev–Trinajstić information content (AvgIpc) is 3.19. The van der Waals surface area contributed by atoms with Gasteiger partial charge in [0, 0.05) is 11.3 Å². The van der Waals surface area contributed by atoms with Crippen molar-refractivity contribution in [2.24, 2.45) is 0 Å². The van der Waals surface area contributed by atoms with Gasteiger partial charge in [-0.05, 0) is 30.7 Å². The minimum atomic E-state index is -0.691. The molecule has 0 radical (unpaired) electrons. The number of allylic oxidation sites excluding steroid dienone is 1. The molecule has 29 heavy (non-hydrogen) atoms. The summed E-state index contributed by atoms with van der Waals surface area (Å²) in [5.74, 6) is 1.30. The fourth-order valence-corrected chi connectivity index (χ4v) is 3.36. The van der Waals surface area contributed by atoms with Gasteiger partial charge in [0.1, 0.15) is 12.4 Å². The van der Waals surface area contributed by atoms with Crippen molar-refractivity contribution in [3.05, 3.63) is 64.9 Å². The number of hydrogen-bond donors (Lipinski definition) is 2. The molecule has 0 bridgehead atoms. The van der Waals surface area contributed by atoms with Gasteiger partial charge in [-0.1, -0.05) is 24.3 Å². The molecule has 2 N–H and O–H groups in total. The van der Waals surface area contributed by atoms with Crippen molar-refractivity contribution in [3.63, 3.8) is 0 Å². The molecule has 0 unspecified atom stereocenters. The topological polar surface area (TPSA) is 95.1 Å². The molecule has 150 valence electrons. The van der Waals surface area contributed by atoms with E-state index in [9.17, 15) is 9.59 Å². The Morgan fingerprint density at radius 2 is 1.97 bits per heavy atom. The number of urea groups is 1. The molecule has 2 heterocycles. The van der Waals surface area contributed by atoms with Gasteiger partial charge in [0.25, 0.3) is 0 Å². The smallest absolute Gasteiger partial charge is 0.338 e. The van der Waals surface area contributed by atoms with Crippen LogP contribution in [0.5, 0.6) is 17.2 Å². The monoisotopic (exact) mass is 396 g/mol. The van der Waals surface area contributed by atoms with Crippen molar-refractivity contribution in [2.45, 2.75) is 19.6 Å². The molecule has 0 aromatic heterocycles. The molecule has 4 rings (SSSR count). The predicted molar refractivity (Wildman–Crippen MR) is 102 cm³/mol. The number of carbonyl (C=O) groups excluding carboxylic acids is 2. The first-order chi connectivity index (χ1) is 14.1. The SMILES string of the molecule is COc1ccccc1[C@H]1NC(=O)NC(C)=C1C(=O)OCc1ccc2c(c1)OCO2. The van der Waals surface area contributed by atoms with Crippen LogP contribution in [0.3, 0.4) is 0 Å². The Labute approximate surface area is 167 Å². The fraction of sp³-hybridized carbons (Fsp3) is 0.238. The van der Waals surface area contributed by atoms with Gasteiger partial charge in [0.2, 0.25) is 6.79 Å². The van der Waals surface area contributed by atoms with Gasteiger partial charge in [0.15, 0.2) is 11.5 Å². The number of para-hydroxylation sites is 1. The van der Waals surface area contributed by atoms with Crippen LogP contribution in [0.4, 0.5) is 4.79 Å². The summed E-state index contributed by atoms with van der Waals surface area (Å²) < 4.78 is 21.6. The summed E-state index contributed by atoms with van der Waals surface area (Å²) in [6.45, 7) is 1.90. The second-order valence-electron chi connectivity index (χ2n) is 6.58. The molecular weight excluding hydrogens is 376 g/mol. The van der Waals surface area contributed by atoms with Crippen LogP contribution in [0, 0.1) is 0 Å². The van der Waals surface area contributed by atoms with E-state index in [2.05, 4.69) is 10.6 Å². The molecule has 8 heteroatoms. The number of methoxy groups -OCH3 is 1. The van der Waals surface area contributed by atoms with Crippen molar-refractivity contribution in [1.29, 1.82) is 0 Å². The predicted octanol–water partition coefficient (Wildman–Crippen LogP) is 2.80. The standard InChI is InChI=1S/C21H20N2O6/c1-12-18(19(23-21(25)22-12)14-5-3-4-6-15(14)26-2)20(24)27-10-13-7-8-16-17(9-13)29-11-28-16/h3-9,19H,10-11H2,1-2H3,(H2,22,23,25)/t19-/m1/s1. The minimum absolute atomic E-state index is 0.0544. The summed E-state index contributed by atoms with van der Waals surface area (Å²) >= 11 is 0. The van der Waals surface area contributed by atoms with E-state index in [4.69, 9.17) is 18.9 Å². The van der Waals surface area contributed by atoms with Gasteiger partial charge in [0.05, 0.1) is 18.7 Å². The molecule has 2 aromatic carbocycles. The molecule has 0 spiro atoms. The maximum Gasteiger partial charge on any atom is 0.338 e. The normalized spacial score (nSPS) is 17.4. The molecule has 0 saturated heterocycles. The number of hydrogen-bond acceptors (Lipinski definition) is 6. The summed E-state index contributed by atoms with van der Waals surface area (Å²) in [6, 6.07) is 11.5. The van der Waals surface area contributed by atoms with Crippen LogP contribution >= 0.6 is 0 Å². The van der Waals surface area contributed by atoms with Crippen molar-refractivity contribution in [3.8, 4) is 17.2 Å². The zero-order valence-electron chi connectivity index (χ0n) is 16.0. The Morgan fingerprint density at radius 1 is 1.17 bits per heavy atom. The molecule has 1 atom stereocenters. The Kier molecular flexibility index (Phi) is 4.99. The number of fused-ring (bicyclic) bond motifs is 1. The highest BCUT2D eigenvalue weighted by Gasteiger charge is 2.33. The number of amides is 2. The molecule has 0 saturated carbocycles. The lowest BCUT2D eigenvalue weighted by molar-refractivity contribution is -0.140. The van der Waals surface area contributed by atoms with Gasteiger partial charge >= 0.3 is 12.0 Å². The van der Waals surface area contributed by atoms with Crippen molar-refractivity contribution in [1.82, 2.24) is 10.6 Å². The van der Waals surface area contributed by atoms with Gasteiger partial charge in [-0.25, -0.2) is 9.59 Å². The lowest BCUT2D eigenvalue weighted by Crippen LogP contribution is -2.45. The zero-order chi connectivity index (χ0) is 20.4. The van der Waals surface area contributed by atoms with Crippen molar-refractivity contribution >= 4 is 12.0 Å². The van der Waals surface area contributed by atoms with Crippen LogP contribution in [0.2, 0.25) is 0 Å². The lowest BCUT2D eigenvalue weighted by Gasteiger charge is -2.29. The fourth-order valence-electron chi connectivity index (χ4n) is 3.36. The summed E-state index contributed by atoms with van der Waals surface area (Å²) in [5.41, 5.74) is 2.18. The molecular formula is C21H20N2O6. The number of esters is 1. The molecule has 2 aliphatic heterocycles. The molecule has 2 aromatic rings. The van der Waals surface area contributed by atoms with Crippen LogP contribution in [0.1, 0.15) is 24.1 Å². The molecule has 0 aliphatic carbocycles. The number of rotatable bonds is 5. The summed E-state index contributed by atoms with van der Waals surface area (Å²) in [7, 11) is 1.54. The van der Waals surface area contributed by atoms with Crippen LogP contribution in [0.25, 0.3) is 0 Å². The maximum absolute atomic E-state index is 12.9. The van der Waals surface area contributed by atoms with E-state index < -0.39 is 18.0 Å². The van der Waals surface area contributed by atoms with E-state index in [1.54, 1.807) is 37.3 Å². The van der Waals surface area contributed by atoms with E-state index in [-0.39, 0.29) is 13.4 Å². The third-order valence-corrected chi connectivity index (χ3v) is 4.75. The number of ether oxygens (including phenoxy) is 4. The van der Waals surface area contributed by atoms with Crippen LogP contribution in [0.15, 0.2) is 53.7 Å². The van der Waals surface area contributed by atoms with E-state index in [1.165, 1.54) is 7.11 Å². The summed E-state index contributed by atoms with van der Waals surface area (Å²) in [6.07, 6.45) is 0. The Bertz CT molecular complexity index is 1000. The molecule has 8 nitrogen and oxygen atoms in total. The summed E-state index contributed by atoms with van der Waals surface area (Å²) in [4.78, 5) is 25.0. The van der Waals surface area contributed by atoms with E-state index in [1.807, 2.05) is 12.1 Å². The van der Waals surface area contributed by atoms with Crippen LogP contribution in [-0.4, -0.2) is 25.9 Å².